The van der Waals surface area contributed by atoms with Gasteiger partial charge in [-0.25, -0.2) is 4.98 Å². The number of nitro groups is 1. The lowest BCUT2D eigenvalue weighted by molar-refractivity contribution is -0.402. The highest BCUT2D eigenvalue weighted by atomic mass is 35.5. The first-order chi connectivity index (χ1) is 13.3. The number of hydrogen-bond donors (Lipinski definition) is 0. The van der Waals surface area contributed by atoms with Crippen molar-refractivity contribution in [3.63, 3.8) is 0 Å². The first kappa shape index (κ1) is 22.8. The highest BCUT2D eigenvalue weighted by Crippen LogP contribution is 2.33. The Morgan fingerprint density at radius 2 is 1.97 bits per heavy atom. The van der Waals surface area contributed by atoms with E-state index in [-0.39, 0.29) is 18.2 Å². The molecule has 0 saturated carbocycles. The minimum Gasteiger partial charge on any atom is -0.395 e. The van der Waals surface area contributed by atoms with Crippen LogP contribution in [0.2, 0.25) is 0 Å². The van der Waals surface area contributed by atoms with Crippen LogP contribution in [0.5, 0.6) is 0 Å². The highest BCUT2D eigenvalue weighted by molar-refractivity contribution is 7.22. The van der Waals surface area contributed by atoms with Crippen LogP contribution in [0.1, 0.15) is 28.1 Å². The Hall–Kier alpha value is -2.49. The van der Waals surface area contributed by atoms with Gasteiger partial charge >= 0.3 is 5.88 Å². The fourth-order valence-electron chi connectivity index (χ4n) is 2.98. The fourth-order valence-corrected chi connectivity index (χ4v) is 4.02. The molecule has 156 valence electrons. The monoisotopic (exact) mass is 438 g/mol. The van der Waals surface area contributed by atoms with E-state index in [4.69, 9.17) is 4.42 Å². The van der Waals surface area contributed by atoms with Crippen LogP contribution in [-0.2, 0) is 0 Å². The molecule has 0 aliphatic rings. The van der Waals surface area contributed by atoms with Gasteiger partial charge in [-0.2, -0.15) is 0 Å². The van der Waals surface area contributed by atoms with Crippen molar-refractivity contribution in [3.8, 4) is 0 Å². The van der Waals surface area contributed by atoms with Gasteiger partial charge in [0.05, 0.1) is 16.3 Å². The summed E-state index contributed by atoms with van der Waals surface area (Å²) in [6.07, 6.45) is 0.732. The summed E-state index contributed by atoms with van der Waals surface area (Å²) in [6.45, 7) is 5.26. The molecule has 2 aromatic heterocycles. The molecule has 0 bridgehead atoms. The minimum atomic E-state index is -0.656. The number of carbonyl (C=O) groups is 1. The van der Waals surface area contributed by atoms with Crippen molar-refractivity contribution >= 4 is 50.9 Å². The number of furan rings is 1. The number of amides is 1. The first-order valence-electron chi connectivity index (χ1n) is 8.85. The second-order valence-electron chi connectivity index (χ2n) is 6.94. The van der Waals surface area contributed by atoms with Crippen LogP contribution in [0.4, 0.5) is 11.0 Å². The number of carbonyl (C=O) groups excluding carboxylic acids is 1. The average Bonchev–Trinajstić information content (AvgIpc) is 3.25. The minimum absolute atomic E-state index is 0. The number of aryl methyl sites for hydroxylation is 2. The predicted octanol–water partition coefficient (Wildman–Crippen LogP) is 4.43. The topological polar surface area (TPSA) is 92.7 Å². The molecule has 10 heteroatoms. The van der Waals surface area contributed by atoms with Crippen LogP contribution in [-0.4, -0.2) is 47.9 Å². The second-order valence-corrected chi connectivity index (χ2v) is 7.91. The summed E-state index contributed by atoms with van der Waals surface area (Å²) >= 11 is 1.44. The number of nitrogens with zero attached hydrogens (tertiary/aromatic N) is 4. The number of hydrogen-bond acceptors (Lipinski definition) is 7. The van der Waals surface area contributed by atoms with Crippen molar-refractivity contribution in [2.75, 3.05) is 32.1 Å². The van der Waals surface area contributed by atoms with Gasteiger partial charge < -0.3 is 9.32 Å². The zero-order valence-corrected chi connectivity index (χ0v) is 18.3. The molecule has 8 nitrogen and oxygen atoms in total. The summed E-state index contributed by atoms with van der Waals surface area (Å²) in [5, 5.41) is 11.4. The van der Waals surface area contributed by atoms with E-state index in [9.17, 15) is 14.9 Å². The van der Waals surface area contributed by atoms with E-state index in [0.29, 0.717) is 11.7 Å². The molecule has 0 radical (unpaired) electrons. The Kier molecular flexibility index (Phi) is 7.34. The molecule has 0 atom stereocenters. The van der Waals surface area contributed by atoms with Crippen LogP contribution in [0.15, 0.2) is 28.7 Å². The first-order valence-corrected chi connectivity index (χ1v) is 9.66. The molecule has 2 heterocycles. The SMILES string of the molecule is Cc1cc(C)c2sc(N(CCCN(C)C)C(=O)c3ccc([N+](=O)[O-])o3)nc2c1.Cl. The van der Waals surface area contributed by atoms with Crippen LogP contribution in [0.3, 0.4) is 0 Å². The Labute approximate surface area is 178 Å². The number of aromatic nitrogens is 1. The van der Waals surface area contributed by atoms with Crippen molar-refractivity contribution in [2.24, 2.45) is 0 Å². The summed E-state index contributed by atoms with van der Waals surface area (Å²) in [6, 6.07) is 6.60. The van der Waals surface area contributed by atoms with E-state index in [2.05, 4.69) is 11.1 Å². The lowest BCUT2D eigenvalue weighted by atomic mass is 10.1. The number of halogens is 1. The van der Waals surface area contributed by atoms with Crippen LogP contribution >= 0.6 is 23.7 Å². The van der Waals surface area contributed by atoms with Crippen molar-refractivity contribution in [2.45, 2.75) is 20.3 Å². The molecule has 0 aliphatic carbocycles. The van der Waals surface area contributed by atoms with Crippen molar-refractivity contribution in [3.05, 3.63) is 51.3 Å². The molecular weight excluding hydrogens is 416 g/mol. The fraction of sp³-hybridized carbons (Fsp3) is 0.368. The van der Waals surface area contributed by atoms with Crippen LogP contribution < -0.4 is 4.90 Å². The van der Waals surface area contributed by atoms with Gasteiger partial charge in [0.1, 0.15) is 4.92 Å². The molecule has 0 unspecified atom stereocenters. The lowest BCUT2D eigenvalue weighted by Gasteiger charge is -2.19. The third kappa shape index (κ3) is 5.11. The van der Waals surface area contributed by atoms with E-state index in [1.54, 1.807) is 4.90 Å². The maximum absolute atomic E-state index is 13.0. The summed E-state index contributed by atoms with van der Waals surface area (Å²) in [4.78, 5) is 31.5. The van der Waals surface area contributed by atoms with Gasteiger partial charge in [-0.3, -0.25) is 19.8 Å². The summed E-state index contributed by atoms with van der Waals surface area (Å²) in [7, 11) is 3.93. The van der Waals surface area contributed by atoms with Crippen molar-refractivity contribution in [1.29, 1.82) is 0 Å². The molecule has 0 N–H and O–H groups in total. The lowest BCUT2D eigenvalue weighted by Crippen LogP contribution is -2.33. The summed E-state index contributed by atoms with van der Waals surface area (Å²) in [5.74, 6) is -0.948. The standard InChI is InChI=1S/C19H22N4O4S.ClH/c1-12-10-13(2)17-14(11-12)20-19(28-17)22(9-5-8-21(3)4)18(24)15-6-7-16(27-15)23(25)26;/h6-7,10-11H,5,8-9H2,1-4H3;1H. The smallest absolute Gasteiger partial charge is 0.395 e. The van der Waals surface area contributed by atoms with E-state index in [1.165, 1.54) is 23.5 Å². The van der Waals surface area contributed by atoms with Gasteiger partial charge in [0, 0.05) is 6.54 Å². The normalized spacial score (nSPS) is 10.9. The maximum atomic E-state index is 13.0. The number of fused-ring (bicyclic) bond motifs is 1. The molecule has 0 saturated heterocycles. The summed E-state index contributed by atoms with van der Waals surface area (Å²) < 4.78 is 6.15. The number of benzene rings is 1. The quantitative estimate of drug-likeness (QED) is 0.400. The Balaban J connectivity index is 0.00000300. The average molecular weight is 439 g/mol. The Bertz CT molecular complexity index is 1030. The molecule has 0 aliphatic heterocycles. The van der Waals surface area contributed by atoms with Crippen LogP contribution in [0.25, 0.3) is 10.2 Å². The largest absolute Gasteiger partial charge is 0.433 e. The van der Waals surface area contributed by atoms with Crippen LogP contribution in [0, 0.1) is 24.0 Å². The second kappa shape index (κ2) is 9.34. The van der Waals surface area contributed by atoms with Crippen molar-refractivity contribution in [1.82, 2.24) is 9.88 Å². The van der Waals surface area contributed by atoms with E-state index >= 15 is 0 Å². The highest BCUT2D eigenvalue weighted by Gasteiger charge is 2.26. The molecular formula is C19H23ClN4O4S. The van der Waals surface area contributed by atoms with E-state index in [1.807, 2.05) is 38.9 Å². The molecule has 0 spiro atoms. The zero-order chi connectivity index (χ0) is 20.4. The molecule has 1 aromatic carbocycles. The maximum Gasteiger partial charge on any atom is 0.433 e. The van der Waals surface area contributed by atoms with Crippen molar-refractivity contribution < 1.29 is 14.1 Å². The van der Waals surface area contributed by atoms with Gasteiger partial charge in [-0.1, -0.05) is 17.4 Å². The molecule has 3 aromatic rings. The third-order valence-electron chi connectivity index (χ3n) is 4.25. The van der Waals surface area contributed by atoms with E-state index < -0.39 is 16.7 Å². The van der Waals surface area contributed by atoms with Gasteiger partial charge in [0.2, 0.25) is 0 Å². The summed E-state index contributed by atoms with van der Waals surface area (Å²) in [5.41, 5.74) is 3.05. The molecule has 0 fully saturated rings. The third-order valence-corrected chi connectivity index (χ3v) is 5.48. The van der Waals surface area contributed by atoms with Gasteiger partial charge in [-0.15, -0.1) is 12.4 Å². The molecule has 1 amide bonds. The Morgan fingerprint density at radius 1 is 1.24 bits per heavy atom. The van der Waals surface area contributed by atoms with Gasteiger partial charge in [0.15, 0.2) is 10.9 Å². The zero-order valence-electron chi connectivity index (χ0n) is 16.7. The number of rotatable bonds is 7. The van der Waals surface area contributed by atoms with E-state index in [0.717, 1.165) is 34.3 Å². The van der Waals surface area contributed by atoms with Gasteiger partial charge in [-0.05, 0) is 64.2 Å². The molecule has 3 rings (SSSR count). The number of thiazole rings is 1. The number of anilines is 1. The Morgan fingerprint density at radius 3 is 2.59 bits per heavy atom. The predicted molar refractivity (Wildman–Crippen MR) is 117 cm³/mol. The molecule has 29 heavy (non-hydrogen) atoms. The van der Waals surface area contributed by atoms with Gasteiger partial charge in [0.25, 0.3) is 5.91 Å².